The molecule has 1 unspecified atom stereocenters. The molecule has 3 rings (SSSR count). The van der Waals surface area contributed by atoms with Crippen molar-refractivity contribution in [2.75, 3.05) is 0 Å². The number of ketones is 1. The van der Waals surface area contributed by atoms with Crippen LogP contribution in [0.2, 0.25) is 0 Å². The Morgan fingerprint density at radius 3 is 2.82 bits per heavy atom. The van der Waals surface area contributed by atoms with Crippen LogP contribution in [0.3, 0.4) is 0 Å². The Bertz CT molecular complexity index is 504. The minimum absolute atomic E-state index is 0.0647. The molecule has 1 aliphatic carbocycles. The van der Waals surface area contributed by atoms with Crippen LogP contribution in [0.25, 0.3) is 0 Å². The van der Waals surface area contributed by atoms with Crippen LogP contribution in [0.15, 0.2) is 23.4 Å². The zero-order chi connectivity index (χ0) is 12.0. The molecule has 0 aromatic rings. The molecule has 2 aliphatic heterocycles. The lowest BCUT2D eigenvalue weighted by atomic mass is 9.86. The normalized spacial score (nSPS) is 31.6. The van der Waals surface area contributed by atoms with Gasteiger partial charge in [-0.25, -0.2) is 0 Å². The summed E-state index contributed by atoms with van der Waals surface area (Å²) < 4.78 is 0. The third-order valence-corrected chi connectivity index (χ3v) is 3.52. The van der Waals surface area contributed by atoms with Gasteiger partial charge in [0.05, 0.1) is 0 Å². The number of carbonyl (C=O) groups excluding carboxylic acids is 3. The third kappa shape index (κ3) is 1.50. The van der Waals surface area contributed by atoms with Crippen LogP contribution in [-0.2, 0) is 14.4 Å². The molecule has 1 spiro atoms. The van der Waals surface area contributed by atoms with Gasteiger partial charge in [-0.1, -0.05) is 6.08 Å². The molecular weight excluding hydrogens is 220 g/mol. The van der Waals surface area contributed by atoms with E-state index in [0.29, 0.717) is 25.7 Å². The average Bonchev–Trinajstić information content (AvgIpc) is 2.63. The summed E-state index contributed by atoms with van der Waals surface area (Å²) in [7, 11) is 0. The van der Waals surface area contributed by atoms with Gasteiger partial charge in [0, 0.05) is 25.0 Å². The van der Waals surface area contributed by atoms with Gasteiger partial charge < -0.3 is 5.32 Å². The fourth-order valence-electron chi connectivity index (χ4n) is 2.61. The molecule has 2 fully saturated rings. The van der Waals surface area contributed by atoms with Gasteiger partial charge in [-0.3, -0.25) is 19.7 Å². The van der Waals surface area contributed by atoms with Crippen molar-refractivity contribution in [1.82, 2.24) is 10.6 Å². The number of allylic oxidation sites excluding steroid dienone is 3. The van der Waals surface area contributed by atoms with E-state index in [4.69, 9.17) is 0 Å². The summed E-state index contributed by atoms with van der Waals surface area (Å²) in [5, 5.41) is 5.53. The minimum atomic E-state index is -0.726. The number of hydrogen-bond donors (Lipinski definition) is 2. The van der Waals surface area contributed by atoms with E-state index in [0.717, 1.165) is 11.3 Å². The second kappa shape index (κ2) is 3.29. The predicted octanol–water partition coefficient (Wildman–Crippen LogP) is -0.0618. The molecular formula is C12H12N2O3. The second-order valence-corrected chi connectivity index (χ2v) is 4.72. The molecule has 2 amide bonds. The van der Waals surface area contributed by atoms with Crippen molar-refractivity contribution in [3.05, 3.63) is 23.4 Å². The van der Waals surface area contributed by atoms with E-state index in [1.807, 2.05) is 6.08 Å². The van der Waals surface area contributed by atoms with Gasteiger partial charge in [0.15, 0.2) is 5.78 Å². The van der Waals surface area contributed by atoms with Crippen LogP contribution in [0, 0.1) is 0 Å². The van der Waals surface area contributed by atoms with Gasteiger partial charge >= 0.3 is 0 Å². The molecule has 0 radical (unpaired) electrons. The van der Waals surface area contributed by atoms with Crippen molar-refractivity contribution >= 4 is 17.6 Å². The van der Waals surface area contributed by atoms with Crippen LogP contribution < -0.4 is 10.6 Å². The Kier molecular flexibility index (Phi) is 1.98. The molecule has 1 atom stereocenters. The maximum atomic E-state index is 11.9. The van der Waals surface area contributed by atoms with Gasteiger partial charge in [-0.15, -0.1) is 0 Å². The number of piperidine rings is 1. The van der Waals surface area contributed by atoms with E-state index in [9.17, 15) is 14.4 Å². The van der Waals surface area contributed by atoms with Crippen molar-refractivity contribution in [2.24, 2.45) is 0 Å². The zero-order valence-corrected chi connectivity index (χ0v) is 9.21. The third-order valence-electron chi connectivity index (χ3n) is 3.52. The van der Waals surface area contributed by atoms with Crippen molar-refractivity contribution in [3.8, 4) is 0 Å². The molecule has 2 N–H and O–H groups in total. The summed E-state index contributed by atoms with van der Waals surface area (Å²) in [4.78, 5) is 34.4. The highest BCUT2D eigenvalue weighted by Gasteiger charge is 2.48. The molecule has 17 heavy (non-hydrogen) atoms. The first-order chi connectivity index (χ1) is 8.09. The maximum absolute atomic E-state index is 11.9. The summed E-state index contributed by atoms with van der Waals surface area (Å²) in [6.07, 6.45) is 5.11. The minimum Gasteiger partial charge on any atom is -0.371 e. The molecule has 5 heteroatoms. The van der Waals surface area contributed by atoms with Crippen molar-refractivity contribution in [1.29, 1.82) is 0 Å². The van der Waals surface area contributed by atoms with Gasteiger partial charge in [0.2, 0.25) is 5.91 Å². The van der Waals surface area contributed by atoms with Crippen molar-refractivity contribution in [3.63, 3.8) is 0 Å². The highest BCUT2D eigenvalue weighted by molar-refractivity contribution is 6.04. The zero-order valence-electron chi connectivity index (χ0n) is 9.21. The lowest BCUT2D eigenvalue weighted by molar-refractivity contribution is -0.138. The topological polar surface area (TPSA) is 75.3 Å². The highest BCUT2D eigenvalue weighted by Crippen LogP contribution is 2.37. The molecule has 5 nitrogen and oxygen atoms in total. The van der Waals surface area contributed by atoms with Crippen LogP contribution in [0.5, 0.6) is 0 Å². The largest absolute Gasteiger partial charge is 0.371 e. The number of nitrogens with one attached hydrogen (secondary N) is 2. The molecule has 0 aromatic heterocycles. The summed E-state index contributed by atoms with van der Waals surface area (Å²) in [6, 6.07) is 0. The van der Waals surface area contributed by atoms with Gasteiger partial charge in [0.1, 0.15) is 5.54 Å². The molecule has 3 aliphatic rings. The lowest BCUT2D eigenvalue weighted by Gasteiger charge is -2.31. The van der Waals surface area contributed by atoms with E-state index in [1.165, 1.54) is 0 Å². The Balaban J connectivity index is 1.93. The molecule has 0 bridgehead atoms. The fourth-order valence-corrected chi connectivity index (χ4v) is 2.61. The summed E-state index contributed by atoms with van der Waals surface area (Å²) >= 11 is 0. The molecule has 0 saturated carbocycles. The standard InChI is InChI=1S/C12H12N2O3/c15-8-1-2-9-7(5-8)6-12(14-9)4-3-10(16)13-11(12)17/h2,5,14H,1,3-4,6H2,(H,13,16,17). The summed E-state index contributed by atoms with van der Waals surface area (Å²) in [6.45, 7) is 0. The number of amides is 2. The Labute approximate surface area is 97.9 Å². The van der Waals surface area contributed by atoms with E-state index >= 15 is 0 Å². The van der Waals surface area contributed by atoms with E-state index < -0.39 is 5.54 Å². The highest BCUT2D eigenvalue weighted by atomic mass is 16.2. The quantitative estimate of drug-likeness (QED) is 0.574. The van der Waals surface area contributed by atoms with Crippen LogP contribution in [-0.4, -0.2) is 23.1 Å². The smallest absolute Gasteiger partial charge is 0.252 e. The number of fused-ring (bicyclic) bond motifs is 1. The predicted molar refractivity (Wildman–Crippen MR) is 58.7 cm³/mol. The first-order valence-corrected chi connectivity index (χ1v) is 5.65. The van der Waals surface area contributed by atoms with E-state index in [-0.39, 0.29) is 17.6 Å². The number of rotatable bonds is 0. The van der Waals surface area contributed by atoms with Crippen LogP contribution in [0.4, 0.5) is 0 Å². The Morgan fingerprint density at radius 2 is 2.06 bits per heavy atom. The SMILES string of the molecule is O=C1C=C2CC3(CCC(=O)NC3=O)NC2=CC1. The summed E-state index contributed by atoms with van der Waals surface area (Å²) in [5.74, 6) is -0.441. The number of hydrogen-bond acceptors (Lipinski definition) is 4. The fraction of sp³-hybridized carbons (Fsp3) is 0.417. The van der Waals surface area contributed by atoms with Crippen LogP contribution in [0.1, 0.15) is 25.7 Å². The summed E-state index contributed by atoms with van der Waals surface area (Å²) in [5.41, 5.74) is 1.02. The molecule has 0 aromatic carbocycles. The number of carbonyl (C=O) groups is 3. The lowest BCUT2D eigenvalue weighted by Crippen LogP contribution is -2.58. The maximum Gasteiger partial charge on any atom is 0.252 e. The Morgan fingerprint density at radius 1 is 1.24 bits per heavy atom. The van der Waals surface area contributed by atoms with Gasteiger partial charge in [0.25, 0.3) is 5.91 Å². The molecule has 2 heterocycles. The first-order valence-electron chi connectivity index (χ1n) is 5.65. The Hall–Kier alpha value is -1.91. The molecule has 88 valence electrons. The van der Waals surface area contributed by atoms with E-state index in [1.54, 1.807) is 6.08 Å². The second-order valence-electron chi connectivity index (χ2n) is 4.72. The number of imide groups is 1. The van der Waals surface area contributed by atoms with Crippen LogP contribution >= 0.6 is 0 Å². The molecule has 2 saturated heterocycles. The van der Waals surface area contributed by atoms with Crippen molar-refractivity contribution in [2.45, 2.75) is 31.2 Å². The van der Waals surface area contributed by atoms with Gasteiger partial charge in [-0.05, 0) is 18.1 Å². The monoisotopic (exact) mass is 232 g/mol. The van der Waals surface area contributed by atoms with Crippen molar-refractivity contribution < 1.29 is 14.4 Å². The average molecular weight is 232 g/mol. The van der Waals surface area contributed by atoms with Gasteiger partial charge in [-0.2, -0.15) is 0 Å². The van der Waals surface area contributed by atoms with E-state index in [2.05, 4.69) is 10.6 Å². The first kappa shape index (κ1) is 10.3.